The van der Waals surface area contributed by atoms with Gasteiger partial charge in [0.05, 0.1) is 11.3 Å². The molecule has 208 valence electrons. The third-order valence-corrected chi connectivity index (χ3v) is 7.96. The minimum atomic E-state index is -3.37. The molecule has 0 aromatic heterocycles. The number of carbonyl (C=O) groups is 4. The van der Waals surface area contributed by atoms with Crippen LogP contribution in [0.3, 0.4) is 0 Å². The Bertz CT molecular complexity index is 953. The molecule has 0 bridgehead atoms. The van der Waals surface area contributed by atoms with Crippen molar-refractivity contribution in [3.8, 4) is 0 Å². The van der Waals surface area contributed by atoms with Gasteiger partial charge in [-0.25, -0.2) is 18.0 Å². The Morgan fingerprint density at radius 3 is 2.08 bits per heavy atom. The normalized spacial score (nSPS) is 19.9. The molecule has 0 aliphatic carbocycles. The molecule has 14 heteroatoms. The van der Waals surface area contributed by atoms with Crippen molar-refractivity contribution in [3.63, 3.8) is 0 Å². The molecule has 1 saturated heterocycles. The van der Waals surface area contributed by atoms with Gasteiger partial charge in [-0.15, -0.1) is 0 Å². The van der Waals surface area contributed by atoms with Crippen LogP contribution in [0.15, 0.2) is 0 Å². The number of nitrogens with zero attached hydrogens (tertiary/aromatic N) is 1. The van der Waals surface area contributed by atoms with E-state index in [1.807, 2.05) is 0 Å². The highest BCUT2D eigenvalue weighted by molar-refractivity contribution is 8.72. The van der Waals surface area contributed by atoms with Gasteiger partial charge in [0.2, 0.25) is 11.8 Å². The van der Waals surface area contributed by atoms with Gasteiger partial charge in [-0.3, -0.25) is 9.59 Å². The van der Waals surface area contributed by atoms with E-state index in [2.05, 4.69) is 5.32 Å². The van der Waals surface area contributed by atoms with Crippen LogP contribution in [-0.4, -0.2) is 85.3 Å². The molecule has 3 amide bonds. The van der Waals surface area contributed by atoms with Gasteiger partial charge in [-0.05, 0) is 50.8 Å². The Kier molecular flexibility index (Phi) is 10.1. The minimum absolute atomic E-state index is 0.0546. The highest BCUT2D eigenvalue weighted by atomic mass is 33.1. The maximum absolute atomic E-state index is 13.4. The fourth-order valence-corrected chi connectivity index (χ4v) is 7.00. The summed E-state index contributed by atoms with van der Waals surface area (Å²) >= 11 is 0. The first-order chi connectivity index (χ1) is 16.0. The monoisotopic (exact) mass is 553 g/mol. The van der Waals surface area contributed by atoms with Crippen LogP contribution in [0, 0.1) is 5.41 Å². The van der Waals surface area contributed by atoms with Crippen molar-refractivity contribution in [1.29, 1.82) is 0 Å². The van der Waals surface area contributed by atoms with Crippen LogP contribution in [0.1, 0.15) is 61.8 Å². The Morgan fingerprint density at radius 2 is 1.64 bits per heavy atom. The lowest BCUT2D eigenvalue weighted by atomic mass is 9.85. The molecule has 1 fully saturated rings. The van der Waals surface area contributed by atoms with Crippen molar-refractivity contribution in [2.75, 3.05) is 19.4 Å². The van der Waals surface area contributed by atoms with Gasteiger partial charge in [0.25, 0.3) is 0 Å². The zero-order valence-corrected chi connectivity index (χ0v) is 24.0. The molecule has 1 heterocycles. The number of hydrogen-bond donors (Lipinski definition) is 2. The van der Waals surface area contributed by atoms with Crippen molar-refractivity contribution in [2.45, 2.75) is 90.3 Å². The maximum Gasteiger partial charge on any atom is 0.508 e. The van der Waals surface area contributed by atoms with Crippen molar-refractivity contribution in [2.24, 2.45) is 11.1 Å². The predicted octanol–water partition coefficient (Wildman–Crippen LogP) is 2.01. The molecule has 0 aromatic rings. The van der Waals surface area contributed by atoms with Gasteiger partial charge < -0.3 is 30.2 Å². The SMILES string of the molecule is CC(C)(C)OC(=O)N[C@H](C(=O)N1C[C@H](OC(=O)OCC(C)(C)SS(C)(=O)=O)C[C@H]1C(N)=O)C(C)(C)C. The predicted molar refractivity (Wildman–Crippen MR) is 135 cm³/mol. The molecule has 3 atom stereocenters. The van der Waals surface area contributed by atoms with Gasteiger partial charge in [0.15, 0.2) is 8.87 Å². The molecule has 1 aliphatic heterocycles. The third kappa shape index (κ3) is 10.8. The van der Waals surface area contributed by atoms with E-state index in [4.69, 9.17) is 19.9 Å². The fraction of sp³-hybridized carbons (Fsp3) is 0.818. The number of carbonyl (C=O) groups excluding carboxylic acids is 4. The Hall–Kier alpha value is -2.22. The lowest BCUT2D eigenvalue weighted by Crippen LogP contribution is -2.58. The minimum Gasteiger partial charge on any atom is -0.444 e. The molecule has 0 saturated carbocycles. The molecule has 0 radical (unpaired) electrons. The van der Waals surface area contributed by atoms with E-state index in [-0.39, 0.29) is 19.6 Å². The van der Waals surface area contributed by atoms with E-state index in [0.717, 1.165) is 6.26 Å². The molecule has 0 spiro atoms. The second-order valence-electron chi connectivity index (χ2n) is 11.4. The van der Waals surface area contributed by atoms with E-state index < -0.39 is 66.9 Å². The largest absolute Gasteiger partial charge is 0.508 e. The number of hydrogen-bond acceptors (Lipinski definition) is 10. The van der Waals surface area contributed by atoms with Crippen molar-refractivity contribution in [3.05, 3.63) is 0 Å². The molecule has 1 aliphatic rings. The van der Waals surface area contributed by atoms with E-state index in [0.29, 0.717) is 10.8 Å². The first-order valence-corrected chi connectivity index (χ1v) is 14.6. The quantitative estimate of drug-likeness (QED) is 0.334. The summed E-state index contributed by atoms with van der Waals surface area (Å²) < 4.78 is 37.7. The Morgan fingerprint density at radius 1 is 1.08 bits per heavy atom. The molecule has 0 aromatic carbocycles. The van der Waals surface area contributed by atoms with E-state index in [1.165, 1.54) is 4.90 Å². The van der Waals surface area contributed by atoms with Crippen LogP contribution < -0.4 is 11.1 Å². The van der Waals surface area contributed by atoms with Gasteiger partial charge in [-0.2, -0.15) is 0 Å². The number of primary amides is 1. The van der Waals surface area contributed by atoms with Gasteiger partial charge >= 0.3 is 12.2 Å². The summed E-state index contributed by atoms with van der Waals surface area (Å²) in [7, 11) is -2.73. The molecular formula is C22H39N3O9S2. The van der Waals surface area contributed by atoms with Crippen molar-refractivity contribution in [1.82, 2.24) is 10.2 Å². The summed E-state index contributed by atoms with van der Waals surface area (Å²) in [6, 6.07) is -2.13. The first kappa shape index (κ1) is 31.8. The zero-order valence-electron chi connectivity index (χ0n) is 22.4. The number of ether oxygens (including phenoxy) is 3. The standard InChI is InChI=1S/C22H39N3O9S2/c1-20(2,3)15(24-18(28)34-21(4,5)6)17(27)25-11-13(10-14(25)16(23)26)33-19(29)32-12-22(7,8)35-36(9,30)31/h13-15H,10-12H2,1-9H3,(H2,23,26)(H,24,28)/t13-,14+,15-/m1/s1. The molecule has 36 heavy (non-hydrogen) atoms. The summed E-state index contributed by atoms with van der Waals surface area (Å²) in [6.07, 6.45) is -1.77. The van der Waals surface area contributed by atoms with Crippen LogP contribution in [0.25, 0.3) is 0 Å². The van der Waals surface area contributed by atoms with Crippen molar-refractivity contribution >= 4 is 43.7 Å². The summed E-state index contributed by atoms with van der Waals surface area (Å²) in [6.45, 7) is 13.1. The number of amides is 3. The average Bonchev–Trinajstić information content (AvgIpc) is 3.04. The Balaban J connectivity index is 2.94. The van der Waals surface area contributed by atoms with E-state index in [1.54, 1.807) is 55.4 Å². The molecule has 12 nitrogen and oxygen atoms in total. The summed E-state index contributed by atoms with van der Waals surface area (Å²) in [5.41, 5.74) is 3.97. The summed E-state index contributed by atoms with van der Waals surface area (Å²) in [5.74, 6) is -1.37. The van der Waals surface area contributed by atoms with E-state index in [9.17, 15) is 27.6 Å². The topological polar surface area (TPSA) is 171 Å². The molecular weight excluding hydrogens is 514 g/mol. The van der Waals surface area contributed by atoms with Crippen LogP contribution in [-0.2, 0) is 32.7 Å². The van der Waals surface area contributed by atoms with Crippen molar-refractivity contribution < 1.29 is 41.8 Å². The zero-order chi connectivity index (χ0) is 28.3. The van der Waals surface area contributed by atoms with Crippen LogP contribution in [0.4, 0.5) is 9.59 Å². The number of likely N-dealkylation sites (tertiary alicyclic amines) is 1. The molecule has 0 unspecified atom stereocenters. The van der Waals surface area contributed by atoms with Gasteiger partial charge in [0, 0.05) is 12.7 Å². The summed E-state index contributed by atoms with van der Waals surface area (Å²) in [5, 5.41) is 2.57. The fourth-order valence-electron chi connectivity index (χ4n) is 3.47. The number of nitrogens with two attached hydrogens (primary N) is 1. The van der Waals surface area contributed by atoms with Gasteiger partial charge in [0.1, 0.15) is 30.4 Å². The average molecular weight is 554 g/mol. The molecule has 3 N–H and O–H groups in total. The van der Waals surface area contributed by atoms with Crippen LogP contribution in [0.2, 0.25) is 0 Å². The molecule has 1 rings (SSSR count). The van der Waals surface area contributed by atoms with Crippen LogP contribution in [0.5, 0.6) is 0 Å². The number of alkyl carbamates (subject to hydrolysis) is 1. The summed E-state index contributed by atoms with van der Waals surface area (Å²) in [4.78, 5) is 51.3. The highest BCUT2D eigenvalue weighted by Gasteiger charge is 2.46. The maximum atomic E-state index is 13.4. The second-order valence-corrected chi connectivity index (χ2v) is 16.4. The third-order valence-electron chi connectivity index (χ3n) is 4.83. The smallest absolute Gasteiger partial charge is 0.444 e. The van der Waals surface area contributed by atoms with Crippen LogP contribution >= 0.6 is 10.8 Å². The van der Waals surface area contributed by atoms with Gasteiger partial charge in [-0.1, -0.05) is 20.8 Å². The van der Waals surface area contributed by atoms with E-state index >= 15 is 0 Å². The lowest BCUT2D eigenvalue weighted by molar-refractivity contribution is -0.141. The Labute approximate surface area is 216 Å². The number of rotatable bonds is 8. The first-order valence-electron chi connectivity index (χ1n) is 11.3. The number of nitrogens with one attached hydrogen (secondary N) is 1. The highest BCUT2D eigenvalue weighted by Crippen LogP contribution is 2.30. The second kappa shape index (κ2) is 11.4. The lowest BCUT2D eigenvalue weighted by Gasteiger charge is -2.35.